The molecule has 0 aliphatic carbocycles. The van der Waals surface area contributed by atoms with Gasteiger partial charge in [0.25, 0.3) is 5.91 Å². The van der Waals surface area contributed by atoms with Gasteiger partial charge < -0.3 is 9.64 Å². The van der Waals surface area contributed by atoms with E-state index in [0.29, 0.717) is 16.4 Å². The SMILES string of the molecule is COc1cc(=O)c(C(=O)N(c2ccc(Cl)cc2)C(C)C)nn1-c1ccc(F)cc1. The number of halogens is 2. The number of carbonyl (C=O) groups excluding carboxylic acids is 1. The maximum Gasteiger partial charge on any atom is 0.283 e. The van der Waals surface area contributed by atoms with E-state index in [1.54, 1.807) is 24.3 Å². The molecule has 0 saturated heterocycles. The standard InChI is InChI=1S/C21H19ClFN3O3/c1-13(2)25(16-8-4-14(22)5-9-16)21(28)20-18(27)12-19(29-3)26(24-20)17-10-6-15(23)7-11-17/h4-13H,1-3H3. The van der Waals surface area contributed by atoms with Gasteiger partial charge in [0.1, 0.15) is 5.82 Å². The third-order valence-corrected chi connectivity index (χ3v) is 4.47. The maximum absolute atomic E-state index is 13.3. The number of amides is 1. The first-order chi connectivity index (χ1) is 13.8. The summed E-state index contributed by atoms with van der Waals surface area (Å²) < 4.78 is 19.8. The van der Waals surface area contributed by atoms with Crippen LogP contribution in [-0.2, 0) is 0 Å². The summed E-state index contributed by atoms with van der Waals surface area (Å²) in [5.74, 6) is -0.856. The van der Waals surface area contributed by atoms with Crippen LogP contribution in [0.15, 0.2) is 59.4 Å². The number of methoxy groups -OCH3 is 1. The summed E-state index contributed by atoms with van der Waals surface area (Å²) in [5, 5.41) is 4.76. The fourth-order valence-electron chi connectivity index (χ4n) is 2.87. The molecule has 0 aliphatic rings. The Morgan fingerprint density at radius 1 is 1.14 bits per heavy atom. The lowest BCUT2D eigenvalue weighted by molar-refractivity contribution is 0.0972. The Morgan fingerprint density at radius 2 is 1.76 bits per heavy atom. The molecule has 0 atom stereocenters. The van der Waals surface area contributed by atoms with Crippen LogP contribution in [0, 0.1) is 5.82 Å². The van der Waals surface area contributed by atoms with Gasteiger partial charge in [0, 0.05) is 16.8 Å². The van der Waals surface area contributed by atoms with E-state index in [0.717, 1.165) is 0 Å². The average molecular weight is 416 g/mol. The maximum atomic E-state index is 13.3. The number of carbonyl (C=O) groups is 1. The normalized spacial score (nSPS) is 10.8. The molecule has 6 nitrogen and oxygen atoms in total. The zero-order valence-electron chi connectivity index (χ0n) is 16.1. The fraction of sp³-hybridized carbons (Fsp3) is 0.190. The Bertz CT molecular complexity index is 1080. The first-order valence-corrected chi connectivity index (χ1v) is 9.23. The van der Waals surface area contributed by atoms with Gasteiger partial charge in [0.05, 0.1) is 18.9 Å². The summed E-state index contributed by atoms with van der Waals surface area (Å²) in [6.45, 7) is 3.66. The molecule has 0 spiro atoms. The number of aromatic nitrogens is 2. The van der Waals surface area contributed by atoms with Crippen LogP contribution in [-0.4, -0.2) is 28.8 Å². The van der Waals surface area contributed by atoms with Crippen molar-refractivity contribution in [2.24, 2.45) is 0 Å². The zero-order chi connectivity index (χ0) is 21.1. The first-order valence-electron chi connectivity index (χ1n) is 8.85. The lowest BCUT2D eigenvalue weighted by Gasteiger charge is -2.26. The van der Waals surface area contributed by atoms with Crippen molar-refractivity contribution in [3.63, 3.8) is 0 Å². The van der Waals surface area contributed by atoms with Crippen molar-refractivity contribution in [2.45, 2.75) is 19.9 Å². The fourth-order valence-corrected chi connectivity index (χ4v) is 2.99. The van der Waals surface area contributed by atoms with Crippen LogP contribution in [0.2, 0.25) is 5.02 Å². The second-order valence-corrected chi connectivity index (χ2v) is 6.97. The van der Waals surface area contributed by atoms with Gasteiger partial charge in [-0.05, 0) is 62.4 Å². The molecule has 150 valence electrons. The molecule has 0 N–H and O–H groups in total. The lowest BCUT2D eigenvalue weighted by Crippen LogP contribution is -2.40. The van der Waals surface area contributed by atoms with Gasteiger partial charge in [-0.1, -0.05) is 11.6 Å². The monoisotopic (exact) mass is 415 g/mol. The van der Waals surface area contributed by atoms with Crippen LogP contribution < -0.4 is 15.1 Å². The van der Waals surface area contributed by atoms with Crippen LogP contribution in [0.4, 0.5) is 10.1 Å². The Balaban J connectivity index is 2.12. The van der Waals surface area contributed by atoms with Crippen molar-refractivity contribution in [1.29, 1.82) is 0 Å². The van der Waals surface area contributed by atoms with Crippen LogP contribution in [0.5, 0.6) is 5.88 Å². The molecule has 0 unspecified atom stereocenters. The predicted octanol–water partition coefficient (Wildman–Crippen LogP) is 4.09. The van der Waals surface area contributed by atoms with Gasteiger partial charge in [-0.3, -0.25) is 9.59 Å². The summed E-state index contributed by atoms with van der Waals surface area (Å²) in [5.41, 5.74) is 0.170. The van der Waals surface area contributed by atoms with Crippen LogP contribution in [0.3, 0.4) is 0 Å². The van der Waals surface area contributed by atoms with Gasteiger partial charge in [-0.25, -0.2) is 9.07 Å². The van der Waals surface area contributed by atoms with E-state index in [4.69, 9.17) is 16.3 Å². The summed E-state index contributed by atoms with van der Waals surface area (Å²) in [7, 11) is 1.38. The van der Waals surface area contributed by atoms with Crippen LogP contribution >= 0.6 is 11.6 Å². The number of hydrogen-bond acceptors (Lipinski definition) is 4. The van der Waals surface area contributed by atoms with E-state index in [9.17, 15) is 14.0 Å². The molecular weight excluding hydrogens is 397 g/mol. The number of rotatable bonds is 5. The number of ether oxygens (including phenoxy) is 1. The van der Waals surface area contributed by atoms with E-state index in [-0.39, 0.29) is 17.6 Å². The molecule has 1 amide bonds. The smallest absolute Gasteiger partial charge is 0.283 e. The first kappa shape index (κ1) is 20.5. The highest BCUT2D eigenvalue weighted by molar-refractivity contribution is 6.30. The van der Waals surface area contributed by atoms with Gasteiger partial charge >= 0.3 is 0 Å². The molecule has 29 heavy (non-hydrogen) atoms. The van der Waals surface area contributed by atoms with E-state index in [1.165, 1.54) is 47.0 Å². The second-order valence-electron chi connectivity index (χ2n) is 6.53. The van der Waals surface area contributed by atoms with Crippen molar-refractivity contribution < 1.29 is 13.9 Å². The second kappa shape index (κ2) is 8.45. The minimum atomic E-state index is -0.579. The van der Waals surface area contributed by atoms with Crippen molar-refractivity contribution in [2.75, 3.05) is 12.0 Å². The molecule has 2 aromatic carbocycles. The summed E-state index contributed by atoms with van der Waals surface area (Å²) in [4.78, 5) is 27.3. The molecule has 0 aliphatic heterocycles. The predicted molar refractivity (Wildman–Crippen MR) is 110 cm³/mol. The van der Waals surface area contributed by atoms with Crippen molar-refractivity contribution in [3.05, 3.63) is 81.4 Å². The number of nitrogens with zero attached hydrogens (tertiary/aromatic N) is 3. The molecule has 1 heterocycles. The van der Waals surface area contributed by atoms with E-state index in [2.05, 4.69) is 5.10 Å². The zero-order valence-corrected chi connectivity index (χ0v) is 16.9. The summed E-state index contributed by atoms with van der Waals surface area (Å²) in [6.07, 6.45) is 0. The molecule has 3 rings (SSSR count). The molecule has 0 bridgehead atoms. The van der Waals surface area contributed by atoms with Gasteiger partial charge in [-0.15, -0.1) is 0 Å². The van der Waals surface area contributed by atoms with Gasteiger partial charge in [-0.2, -0.15) is 5.10 Å². The third-order valence-electron chi connectivity index (χ3n) is 4.22. The van der Waals surface area contributed by atoms with Crippen molar-refractivity contribution in [3.8, 4) is 11.6 Å². The summed E-state index contributed by atoms with van der Waals surface area (Å²) >= 11 is 5.94. The lowest BCUT2D eigenvalue weighted by atomic mass is 10.2. The topological polar surface area (TPSA) is 64.4 Å². The molecule has 1 aromatic heterocycles. The average Bonchev–Trinajstić information content (AvgIpc) is 2.69. The van der Waals surface area contributed by atoms with E-state index in [1.807, 2.05) is 13.8 Å². The highest BCUT2D eigenvalue weighted by Crippen LogP contribution is 2.22. The van der Waals surface area contributed by atoms with E-state index >= 15 is 0 Å². The number of anilines is 1. The molecule has 0 radical (unpaired) electrons. The van der Waals surface area contributed by atoms with Gasteiger partial charge in [0.2, 0.25) is 11.3 Å². The largest absolute Gasteiger partial charge is 0.481 e. The van der Waals surface area contributed by atoms with Crippen LogP contribution in [0.1, 0.15) is 24.3 Å². The number of benzene rings is 2. The highest BCUT2D eigenvalue weighted by atomic mass is 35.5. The third kappa shape index (κ3) is 4.30. The highest BCUT2D eigenvalue weighted by Gasteiger charge is 2.26. The van der Waals surface area contributed by atoms with Crippen LogP contribution in [0.25, 0.3) is 5.69 Å². The minimum absolute atomic E-state index is 0.126. The molecular formula is C21H19ClFN3O3. The Morgan fingerprint density at radius 3 is 2.31 bits per heavy atom. The molecule has 8 heteroatoms. The molecule has 0 saturated carbocycles. The van der Waals surface area contributed by atoms with Crippen molar-refractivity contribution in [1.82, 2.24) is 9.78 Å². The minimum Gasteiger partial charge on any atom is -0.481 e. The Labute approximate surface area is 172 Å². The molecule has 0 fully saturated rings. The Hall–Kier alpha value is -3.19. The quantitative estimate of drug-likeness (QED) is 0.629. The summed E-state index contributed by atoms with van der Waals surface area (Å²) in [6, 6.07) is 13.1. The Kier molecular flexibility index (Phi) is 5.98. The van der Waals surface area contributed by atoms with E-state index < -0.39 is 17.2 Å². The van der Waals surface area contributed by atoms with Gasteiger partial charge in [0.15, 0.2) is 5.69 Å². The number of hydrogen-bond donors (Lipinski definition) is 0. The molecule has 3 aromatic rings. The van der Waals surface area contributed by atoms with Crippen molar-refractivity contribution >= 4 is 23.2 Å².